The van der Waals surface area contributed by atoms with Crippen LogP contribution in [0.25, 0.3) is 77.2 Å². The molecule has 0 amide bonds. The molecule has 0 fully saturated rings. The maximum Gasteiger partial charge on any atom is 0.0683 e. The summed E-state index contributed by atoms with van der Waals surface area (Å²) in [7, 11) is 0. The van der Waals surface area contributed by atoms with Gasteiger partial charge in [0.25, 0.3) is 0 Å². The van der Waals surface area contributed by atoms with Gasteiger partial charge in [-0.25, -0.2) is 0 Å². The largest absolute Gasteiger partial charge is 0.309 e. The zero-order valence-corrected chi connectivity index (χ0v) is 35.3. The number of nitrogens with zero attached hydrogens (tertiary/aromatic N) is 2. The fourth-order valence-corrected chi connectivity index (χ4v) is 11.3. The normalized spacial score (nSPS) is 14.5. The lowest BCUT2D eigenvalue weighted by Crippen LogP contribution is -2.30. The van der Waals surface area contributed by atoms with Crippen LogP contribution >= 0.6 is 11.8 Å². The van der Waals surface area contributed by atoms with E-state index in [0.717, 1.165) is 11.4 Å². The van der Waals surface area contributed by atoms with Crippen LogP contribution in [0.3, 0.4) is 0 Å². The van der Waals surface area contributed by atoms with Crippen LogP contribution in [0.1, 0.15) is 37.5 Å². The van der Waals surface area contributed by atoms with Crippen molar-refractivity contribution in [2.24, 2.45) is 0 Å². The molecule has 2 aromatic heterocycles. The topological polar surface area (TPSA) is 9.86 Å². The van der Waals surface area contributed by atoms with Gasteiger partial charge in [0.2, 0.25) is 0 Å². The highest BCUT2D eigenvalue weighted by Crippen LogP contribution is 2.58. The number of aromatic nitrogens is 2. The molecule has 12 rings (SSSR count). The Kier molecular flexibility index (Phi) is 9.02. The molecule has 3 heterocycles. The maximum atomic E-state index is 2.53. The van der Waals surface area contributed by atoms with Crippen LogP contribution in [-0.2, 0) is 5.41 Å². The standard InChI is InChI=1S/C56H38N2S.C2H6/c1-56(41-21-9-4-10-22-41)48-34-32-47-45-25-12-13-26-49(45)57(42-30-28-39(29-31-42)37-16-5-2-6-17-37)54(47)55(48)59-51-35-33-46-44-24-11-14-27-50(44)58(53(46)52(51)56)43-23-15-20-40(36-43)38-18-7-3-8-19-38;1-2/h2-36H,1H3;1-2H3. The van der Waals surface area contributed by atoms with E-state index in [-0.39, 0.29) is 0 Å². The van der Waals surface area contributed by atoms with E-state index in [1.807, 2.05) is 25.6 Å². The van der Waals surface area contributed by atoms with Crippen LogP contribution in [0, 0.1) is 0 Å². The number of fused-ring (bicyclic) bond motifs is 10. The van der Waals surface area contributed by atoms with Crippen LogP contribution < -0.4 is 0 Å². The Bertz CT molecular complexity index is 3400. The minimum Gasteiger partial charge on any atom is -0.309 e. The summed E-state index contributed by atoms with van der Waals surface area (Å²) in [6.45, 7) is 6.47. The number of hydrogen-bond acceptors (Lipinski definition) is 1. The lowest BCUT2D eigenvalue weighted by molar-refractivity contribution is 0.661. The Balaban J connectivity index is 0.00000207. The van der Waals surface area contributed by atoms with E-state index in [2.05, 4.69) is 228 Å². The predicted octanol–water partition coefficient (Wildman–Crippen LogP) is 16.1. The minimum absolute atomic E-state index is 0.494. The van der Waals surface area contributed by atoms with Gasteiger partial charge in [-0.1, -0.05) is 195 Å². The molecule has 1 atom stereocenters. The number of para-hydroxylation sites is 2. The van der Waals surface area contributed by atoms with Gasteiger partial charge in [-0.15, -0.1) is 0 Å². The minimum atomic E-state index is -0.494. The third kappa shape index (κ3) is 5.72. The molecular weight excluding hydrogens is 757 g/mol. The quantitative estimate of drug-likeness (QED) is 0.169. The van der Waals surface area contributed by atoms with E-state index >= 15 is 0 Å². The Hall–Kier alpha value is -7.07. The Morgan fingerprint density at radius 1 is 0.393 bits per heavy atom. The van der Waals surface area contributed by atoms with Crippen molar-refractivity contribution in [1.29, 1.82) is 0 Å². The fraction of sp³-hybridized carbons (Fsp3) is 0.0690. The van der Waals surface area contributed by atoms with Gasteiger partial charge >= 0.3 is 0 Å². The number of rotatable bonds is 5. The smallest absolute Gasteiger partial charge is 0.0683 e. The highest BCUT2D eigenvalue weighted by Gasteiger charge is 2.43. The highest BCUT2D eigenvalue weighted by molar-refractivity contribution is 7.99. The molecule has 1 aliphatic rings. The van der Waals surface area contributed by atoms with Gasteiger partial charge in [0, 0.05) is 53.7 Å². The van der Waals surface area contributed by atoms with Gasteiger partial charge in [0.15, 0.2) is 0 Å². The summed E-state index contributed by atoms with van der Waals surface area (Å²) in [6.07, 6.45) is 0. The molecule has 3 heteroatoms. The molecule has 0 saturated heterocycles. The van der Waals surface area contributed by atoms with Crippen molar-refractivity contribution in [3.63, 3.8) is 0 Å². The molecule has 292 valence electrons. The van der Waals surface area contributed by atoms with Gasteiger partial charge < -0.3 is 9.13 Å². The van der Waals surface area contributed by atoms with Crippen molar-refractivity contribution >= 4 is 55.4 Å². The van der Waals surface area contributed by atoms with Crippen LogP contribution in [-0.4, -0.2) is 9.13 Å². The van der Waals surface area contributed by atoms with E-state index in [0.29, 0.717) is 0 Å². The highest BCUT2D eigenvalue weighted by atomic mass is 32.2. The second kappa shape index (κ2) is 14.9. The third-order valence-electron chi connectivity index (χ3n) is 12.6. The first-order chi connectivity index (χ1) is 30.2. The fourth-order valence-electron chi connectivity index (χ4n) is 9.87. The Morgan fingerprint density at radius 2 is 0.902 bits per heavy atom. The molecule has 0 aliphatic carbocycles. The molecule has 0 radical (unpaired) electrons. The Morgan fingerprint density at radius 3 is 1.56 bits per heavy atom. The van der Waals surface area contributed by atoms with Crippen molar-refractivity contribution in [1.82, 2.24) is 9.13 Å². The van der Waals surface area contributed by atoms with Crippen molar-refractivity contribution in [2.75, 3.05) is 0 Å². The average molecular weight is 801 g/mol. The second-order valence-electron chi connectivity index (χ2n) is 15.8. The molecule has 0 N–H and O–H groups in total. The molecule has 0 saturated carbocycles. The summed E-state index contributed by atoms with van der Waals surface area (Å²) in [5, 5.41) is 5.06. The van der Waals surface area contributed by atoms with Crippen LogP contribution in [0.5, 0.6) is 0 Å². The van der Waals surface area contributed by atoms with E-state index in [1.54, 1.807) is 0 Å². The predicted molar refractivity (Wildman–Crippen MR) is 260 cm³/mol. The second-order valence-corrected chi connectivity index (χ2v) is 16.9. The lowest BCUT2D eigenvalue weighted by atomic mass is 9.70. The molecule has 11 aromatic rings. The monoisotopic (exact) mass is 800 g/mol. The van der Waals surface area contributed by atoms with Crippen LogP contribution in [0.15, 0.2) is 222 Å². The van der Waals surface area contributed by atoms with Gasteiger partial charge in [0.05, 0.1) is 22.1 Å². The molecule has 0 spiro atoms. The molecule has 0 bridgehead atoms. The summed E-state index contributed by atoms with van der Waals surface area (Å²) in [6, 6.07) is 78.1. The van der Waals surface area contributed by atoms with E-state index < -0.39 is 5.41 Å². The van der Waals surface area contributed by atoms with Crippen molar-refractivity contribution in [3.05, 3.63) is 229 Å². The van der Waals surface area contributed by atoms with Crippen molar-refractivity contribution in [2.45, 2.75) is 36.0 Å². The molecule has 61 heavy (non-hydrogen) atoms. The van der Waals surface area contributed by atoms with Gasteiger partial charge in [0.1, 0.15) is 0 Å². The summed E-state index contributed by atoms with van der Waals surface area (Å²) < 4.78 is 5.04. The Labute approximate surface area is 361 Å². The van der Waals surface area contributed by atoms with E-state index in [9.17, 15) is 0 Å². The maximum absolute atomic E-state index is 2.53. The number of hydrogen-bond donors (Lipinski definition) is 0. The average Bonchev–Trinajstić information content (AvgIpc) is 3.86. The van der Waals surface area contributed by atoms with Crippen molar-refractivity contribution < 1.29 is 0 Å². The summed E-state index contributed by atoms with van der Waals surface area (Å²) in [4.78, 5) is 2.58. The molecule has 9 aromatic carbocycles. The van der Waals surface area contributed by atoms with Crippen molar-refractivity contribution in [3.8, 4) is 33.6 Å². The van der Waals surface area contributed by atoms with Gasteiger partial charge in [-0.3, -0.25) is 0 Å². The zero-order chi connectivity index (χ0) is 41.1. The zero-order valence-electron chi connectivity index (χ0n) is 34.5. The lowest BCUT2D eigenvalue weighted by Gasteiger charge is -2.39. The van der Waals surface area contributed by atoms with Gasteiger partial charge in [-0.05, 0) is 82.8 Å². The summed E-state index contributed by atoms with van der Waals surface area (Å²) in [5.41, 5.74) is 15.6. The number of benzene rings is 9. The van der Waals surface area contributed by atoms with Crippen LogP contribution in [0.2, 0.25) is 0 Å². The summed E-state index contributed by atoms with van der Waals surface area (Å²) in [5.74, 6) is 0. The van der Waals surface area contributed by atoms with E-state index in [1.165, 1.54) is 92.3 Å². The van der Waals surface area contributed by atoms with E-state index in [4.69, 9.17) is 0 Å². The molecule has 1 unspecified atom stereocenters. The first-order valence-electron chi connectivity index (χ1n) is 21.4. The molecular formula is C58H44N2S. The molecule has 1 aliphatic heterocycles. The summed E-state index contributed by atoms with van der Waals surface area (Å²) >= 11 is 1.93. The molecule has 2 nitrogen and oxygen atoms in total. The first-order valence-corrected chi connectivity index (χ1v) is 22.2. The third-order valence-corrected chi connectivity index (χ3v) is 13.8. The van der Waals surface area contributed by atoms with Crippen LogP contribution in [0.4, 0.5) is 0 Å². The first kappa shape index (κ1) is 37.0. The SMILES string of the molecule is CC.CC1(c2ccccc2)c2ccc3c4ccccc4n(-c4ccc(-c5ccccc5)cc4)c3c2Sc2ccc3c4ccccc4n(-c4cccc(-c5ccccc5)c4)c3c21. The van der Waals surface area contributed by atoms with Gasteiger partial charge in [-0.2, -0.15) is 0 Å².